The summed E-state index contributed by atoms with van der Waals surface area (Å²) in [5, 5.41) is 9.49. The highest BCUT2D eigenvalue weighted by molar-refractivity contribution is 5.36. The molecule has 3 heteroatoms. The van der Waals surface area contributed by atoms with E-state index in [1.54, 1.807) is 0 Å². The minimum absolute atomic E-state index is 0.103. The molecular weight excluding hydrogens is 310 g/mol. The van der Waals surface area contributed by atoms with E-state index in [1.807, 2.05) is 0 Å². The van der Waals surface area contributed by atoms with Crippen LogP contribution in [0.5, 0.6) is 0 Å². The zero-order chi connectivity index (χ0) is 17.7. The number of unbranched alkanes of at least 4 members (excludes halogenated alkanes) is 3. The van der Waals surface area contributed by atoms with Crippen molar-refractivity contribution >= 4 is 0 Å². The third kappa shape index (κ3) is 4.84. The zero-order valence-corrected chi connectivity index (χ0v) is 15.8. The van der Waals surface area contributed by atoms with Crippen LogP contribution in [0, 0.1) is 0 Å². The number of hydrogen-bond acceptors (Lipinski definition) is 3. The van der Waals surface area contributed by atoms with Gasteiger partial charge in [-0.2, -0.15) is 0 Å². The molecule has 1 aromatic rings. The normalized spacial score (nSPS) is 28.9. The number of hydrogen-bond donors (Lipinski definition) is 2. The standard InChI is InChI=1S/C22H35NO2/c1-2-3-4-5-12-25-21-9-8-17-13-18(6-7-19(17)14-21)20-10-11-22(23,15-20)16-24/h6-7,13,20-21,24H,2-5,8-12,14-16,23H2,1H3/t20-,21-,22+/m0/s1. The van der Waals surface area contributed by atoms with Gasteiger partial charge >= 0.3 is 0 Å². The van der Waals surface area contributed by atoms with Gasteiger partial charge in [0.15, 0.2) is 0 Å². The third-order valence-corrected chi connectivity index (χ3v) is 6.19. The van der Waals surface area contributed by atoms with E-state index in [9.17, 15) is 5.11 Å². The molecule has 0 heterocycles. The van der Waals surface area contributed by atoms with E-state index in [0.717, 1.165) is 45.1 Å². The quantitative estimate of drug-likeness (QED) is 0.698. The predicted molar refractivity (Wildman–Crippen MR) is 103 cm³/mol. The first kappa shape index (κ1) is 18.9. The van der Waals surface area contributed by atoms with Crippen LogP contribution in [0.15, 0.2) is 18.2 Å². The first-order valence-corrected chi connectivity index (χ1v) is 10.3. The van der Waals surface area contributed by atoms with Crippen molar-refractivity contribution in [1.29, 1.82) is 0 Å². The molecule has 2 aliphatic rings. The van der Waals surface area contributed by atoms with E-state index >= 15 is 0 Å². The Morgan fingerprint density at radius 2 is 2.08 bits per heavy atom. The fourth-order valence-electron chi connectivity index (χ4n) is 4.50. The second-order valence-electron chi connectivity index (χ2n) is 8.28. The van der Waals surface area contributed by atoms with E-state index in [4.69, 9.17) is 10.5 Å². The monoisotopic (exact) mass is 345 g/mol. The Morgan fingerprint density at radius 1 is 1.20 bits per heavy atom. The maximum atomic E-state index is 9.49. The summed E-state index contributed by atoms with van der Waals surface area (Å²) in [7, 11) is 0. The number of aryl methyl sites for hydroxylation is 1. The van der Waals surface area contributed by atoms with Crippen molar-refractivity contribution in [3.8, 4) is 0 Å². The predicted octanol–water partition coefficient (Wildman–Crippen LogP) is 4.10. The molecule has 0 aromatic heterocycles. The number of aliphatic hydroxyl groups excluding tert-OH is 1. The van der Waals surface area contributed by atoms with Gasteiger partial charge in [0, 0.05) is 12.1 Å². The van der Waals surface area contributed by atoms with Gasteiger partial charge in [-0.05, 0) is 67.6 Å². The largest absolute Gasteiger partial charge is 0.394 e. The highest BCUT2D eigenvalue weighted by atomic mass is 16.5. The molecule has 3 rings (SSSR count). The molecular formula is C22H35NO2. The van der Waals surface area contributed by atoms with Crippen molar-refractivity contribution in [2.75, 3.05) is 13.2 Å². The van der Waals surface area contributed by atoms with Gasteiger partial charge in [0.05, 0.1) is 12.7 Å². The number of aliphatic hydroxyl groups is 1. The average molecular weight is 346 g/mol. The van der Waals surface area contributed by atoms with Crippen molar-refractivity contribution in [2.45, 2.75) is 88.7 Å². The van der Waals surface area contributed by atoms with Crippen LogP contribution in [-0.4, -0.2) is 30.0 Å². The lowest BCUT2D eigenvalue weighted by Gasteiger charge is -2.26. The van der Waals surface area contributed by atoms with Gasteiger partial charge in [0.2, 0.25) is 0 Å². The Bertz CT molecular complexity index is 559. The van der Waals surface area contributed by atoms with E-state index in [2.05, 4.69) is 25.1 Å². The molecule has 0 saturated heterocycles. The highest BCUT2D eigenvalue weighted by Gasteiger charge is 2.36. The third-order valence-electron chi connectivity index (χ3n) is 6.19. The number of nitrogens with two attached hydrogens (primary N) is 1. The Balaban J connectivity index is 1.53. The summed E-state index contributed by atoms with van der Waals surface area (Å²) >= 11 is 0. The summed E-state index contributed by atoms with van der Waals surface area (Å²) in [4.78, 5) is 0. The van der Waals surface area contributed by atoms with Crippen LogP contribution >= 0.6 is 0 Å². The van der Waals surface area contributed by atoms with Crippen molar-refractivity contribution in [2.24, 2.45) is 5.73 Å². The van der Waals surface area contributed by atoms with Crippen LogP contribution in [0.25, 0.3) is 0 Å². The molecule has 3 atom stereocenters. The van der Waals surface area contributed by atoms with Crippen LogP contribution in [0.3, 0.4) is 0 Å². The topological polar surface area (TPSA) is 55.5 Å². The molecule has 0 bridgehead atoms. The Hall–Kier alpha value is -0.900. The summed E-state index contributed by atoms with van der Waals surface area (Å²) in [5.74, 6) is 0.509. The van der Waals surface area contributed by atoms with Gasteiger partial charge in [-0.1, -0.05) is 44.4 Å². The Labute approximate surface area is 153 Å². The van der Waals surface area contributed by atoms with E-state index in [1.165, 1.54) is 42.4 Å². The van der Waals surface area contributed by atoms with Crippen LogP contribution in [0.1, 0.15) is 80.9 Å². The van der Waals surface area contributed by atoms with Gasteiger partial charge in [-0.3, -0.25) is 0 Å². The fraction of sp³-hybridized carbons (Fsp3) is 0.727. The number of benzene rings is 1. The summed E-state index contributed by atoms with van der Waals surface area (Å²) in [6, 6.07) is 7.00. The molecule has 0 unspecified atom stereocenters. The van der Waals surface area contributed by atoms with Crippen LogP contribution in [0.4, 0.5) is 0 Å². The minimum atomic E-state index is -0.364. The summed E-state index contributed by atoms with van der Waals surface area (Å²) in [6.07, 6.45) is 11.8. The van der Waals surface area contributed by atoms with E-state index in [0.29, 0.717) is 12.0 Å². The molecule has 0 radical (unpaired) electrons. The summed E-state index contributed by atoms with van der Waals surface area (Å²) in [5.41, 5.74) is 10.3. The molecule has 0 aliphatic heterocycles. The van der Waals surface area contributed by atoms with Crippen LogP contribution in [0.2, 0.25) is 0 Å². The van der Waals surface area contributed by atoms with Gasteiger partial charge in [0.1, 0.15) is 0 Å². The number of fused-ring (bicyclic) bond motifs is 1. The average Bonchev–Trinajstić information content (AvgIpc) is 3.04. The first-order chi connectivity index (χ1) is 12.1. The molecule has 3 nitrogen and oxygen atoms in total. The summed E-state index contributed by atoms with van der Waals surface area (Å²) < 4.78 is 6.11. The highest BCUT2D eigenvalue weighted by Crippen LogP contribution is 2.40. The molecule has 2 aliphatic carbocycles. The first-order valence-electron chi connectivity index (χ1n) is 10.3. The van der Waals surface area contributed by atoms with Crippen molar-refractivity contribution in [1.82, 2.24) is 0 Å². The van der Waals surface area contributed by atoms with Crippen LogP contribution in [-0.2, 0) is 17.6 Å². The lowest BCUT2D eigenvalue weighted by molar-refractivity contribution is 0.0417. The van der Waals surface area contributed by atoms with Crippen molar-refractivity contribution in [3.63, 3.8) is 0 Å². The molecule has 1 saturated carbocycles. The summed E-state index contributed by atoms with van der Waals surface area (Å²) in [6.45, 7) is 3.27. The lowest BCUT2D eigenvalue weighted by Crippen LogP contribution is -2.40. The maximum absolute atomic E-state index is 9.49. The van der Waals surface area contributed by atoms with E-state index in [-0.39, 0.29) is 12.1 Å². The second-order valence-corrected chi connectivity index (χ2v) is 8.28. The molecule has 25 heavy (non-hydrogen) atoms. The minimum Gasteiger partial charge on any atom is -0.394 e. The maximum Gasteiger partial charge on any atom is 0.0618 e. The number of rotatable bonds is 8. The zero-order valence-electron chi connectivity index (χ0n) is 15.8. The Kier molecular flexibility index (Phi) is 6.54. The lowest BCUT2D eigenvalue weighted by atomic mass is 9.85. The van der Waals surface area contributed by atoms with Gasteiger partial charge in [0.25, 0.3) is 0 Å². The van der Waals surface area contributed by atoms with Crippen molar-refractivity contribution < 1.29 is 9.84 Å². The molecule has 1 fully saturated rings. The second kappa shape index (κ2) is 8.66. The Morgan fingerprint density at radius 3 is 2.84 bits per heavy atom. The molecule has 0 spiro atoms. The molecule has 1 aromatic carbocycles. The smallest absolute Gasteiger partial charge is 0.0618 e. The number of ether oxygens (including phenoxy) is 1. The van der Waals surface area contributed by atoms with Gasteiger partial charge in [-0.25, -0.2) is 0 Å². The van der Waals surface area contributed by atoms with Crippen LogP contribution < -0.4 is 5.73 Å². The SMILES string of the molecule is CCCCCCO[C@H]1CCc2cc([C@H]3CC[C@](N)(CO)C3)ccc2C1. The van der Waals surface area contributed by atoms with Gasteiger partial charge < -0.3 is 15.6 Å². The molecule has 3 N–H and O–H groups in total. The van der Waals surface area contributed by atoms with E-state index < -0.39 is 0 Å². The molecule has 140 valence electrons. The van der Waals surface area contributed by atoms with Crippen molar-refractivity contribution in [3.05, 3.63) is 34.9 Å². The molecule has 0 amide bonds. The van der Waals surface area contributed by atoms with Gasteiger partial charge in [-0.15, -0.1) is 0 Å². The fourth-order valence-corrected chi connectivity index (χ4v) is 4.50.